The van der Waals surface area contributed by atoms with Gasteiger partial charge < -0.3 is 25.0 Å². The molecular formula is C19H26FN3O4. The summed E-state index contributed by atoms with van der Waals surface area (Å²) in [6, 6.07) is 5.88. The second-order valence-electron chi connectivity index (χ2n) is 7.85. The number of rotatable bonds is 4. The zero-order valence-electron chi connectivity index (χ0n) is 15.8. The molecule has 2 aliphatic rings. The van der Waals surface area contributed by atoms with E-state index in [0.29, 0.717) is 12.3 Å². The lowest BCUT2D eigenvalue weighted by molar-refractivity contribution is -0.131. The number of carbonyl (C=O) groups is 2. The van der Waals surface area contributed by atoms with E-state index < -0.39 is 11.7 Å². The Bertz CT molecular complexity index is 689. The Morgan fingerprint density at radius 3 is 2.67 bits per heavy atom. The first-order valence-electron chi connectivity index (χ1n) is 9.15. The average Bonchev–Trinajstić information content (AvgIpc) is 3.17. The predicted molar refractivity (Wildman–Crippen MR) is 97.0 cm³/mol. The Hall–Kier alpha value is -2.35. The SMILES string of the molecule is CC(C)(C)OC(=O)NCC(=O)N1CC(Oc2ccc(F)cc2)C2NCCC21. The number of alkyl carbamates (subject to hydrolysis) is 1. The molecule has 0 aromatic heterocycles. The molecule has 2 N–H and O–H groups in total. The van der Waals surface area contributed by atoms with Crippen LogP contribution in [0.1, 0.15) is 27.2 Å². The fourth-order valence-electron chi connectivity index (χ4n) is 3.53. The van der Waals surface area contributed by atoms with Gasteiger partial charge in [0.05, 0.1) is 18.6 Å². The van der Waals surface area contributed by atoms with Crippen LogP contribution >= 0.6 is 0 Å². The van der Waals surface area contributed by atoms with E-state index in [1.54, 1.807) is 37.8 Å². The van der Waals surface area contributed by atoms with E-state index in [9.17, 15) is 14.0 Å². The monoisotopic (exact) mass is 379 g/mol. The number of carbonyl (C=O) groups excluding carboxylic acids is 2. The first-order valence-corrected chi connectivity index (χ1v) is 9.15. The minimum absolute atomic E-state index is 0.0144. The fraction of sp³-hybridized carbons (Fsp3) is 0.579. The maximum atomic E-state index is 13.1. The number of fused-ring (bicyclic) bond motifs is 1. The molecule has 0 bridgehead atoms. The van der Waals surface area contributed by atoms with Gasteiger partial charge in [0, 0.05) is 0 Å². The summed E-state index contributed by atoms with van der Waals surface area (Å²) in [5, 5.41) is 5.89. The highest BCUT2D eigenvalue weighted by atomic mass is 19.1. The van der Waals surface area contributed by atoms with Crippen molar-refractivity contribution in [1.82, 2.24) is 15.5 Å². The van der Waals surface area contributed by atoms with Gasteiger partial charge in [0.15, 0.2) is 0 Å². The molecular weight excluding hydrogens is 353 g/mol. The van der Waals surface area contributed by atoms with E-state index in [2.05, 4.69) is 10.6 Å². The van der Waals surface area contributed by atoms with E-state index in [1.807, 2.05) is 0 Å². The minimum atomic E-state index is -0.616. The van der Waals surface area contributed by atoms with Crippen molar-refractivity contribution in [3.8, 4) is 5.75 Å². The molecule has 0 aliphatic carbocycles. The maximum absolute atomic E-state index is 13.1. The summed E-state index contributed by atoms with van der Waals surface area (Å²) in [5.41, 5.74) is -0.616. The number of benzene rings is 1. The topological polar surface area (TPSA) is 79.9 Å². The highest BCUT2D eigenvalue weighted by Crippen LogP contribution is 2.28. The van der Waals surface area contributed by atoms with Crippen LogP contribution in [-0.4, -0.2) is 60.3 Å². The van der Waals surface area contributed by atoms with Gasteiger partial charge in [0.25, 0.3) is 0 Å². The summed E-state index contributed by atoms with van der Waals surface area (Å²) in [4.78, 5) is 26.1. The number of ether oxygens (including phenoxy) is 2. The smallest absolute Gasteiger partial charge is 0.408 e. The Morgan fingerprint density at radius 2 is 2.00 bits per heavy atom. The van der Waals surface area contributed by atoms with Crippen LogP contribution in [0.5, 0.6) is 5.75 Å². The van der Waals surface area contributed by atoms with Gasteiger partial charge in [-0.25, -0.2) is 9.18 Å². The van der Waals surface area contributed by atoms with Crippen molar-refractivity contribution >= 4 is 12.0 Å². The summed E-state index contributed by atoms with van der Waals surface area (Å²) in [6.45, 7) is 6.38. The quantitative estimate of drug-likeness (QED) is 0.832. The number of halogens is 1. The zero-order chi connectivity index (χ0) is 19.6. The predicted octanol–water partition coefficient (Wildman–Crippen LogP) is 1.67. The third-order valence-electron chi connectivity index (χ3n) is 4.62. The van der Waals surface area contributed by atoms with Gasteiger partial charge in [0.2, 0.25) is 5.91 Å². The van der Waals surface area contributed by atoms with E-state index in [-0.39, 0.29) is 36.5 Å². The first kappa shape index (κ1) is 19.4. The number of hydrogen-bond acceptors (Lipinski definition) is 5. The summed E-state index contributed by atoms with van der Waals surface area (Å²) < 4.78 is 24.2. The number of likely N-dealkylation sites (tertiary alicyclic amines) is 1. The van der Waals surface area contributed by atoms with Crippen LogP contribution in [0.25, 0.3) is 0 Å². The molecule has 2 amide bonds. The van der Waals surface area contributed by atoms with E-state index in [4.69, 9.17) is 9.47 Å². The summed E-state index contributed by atoms with van der Waals surface area (Å²) in [5.74, 6) is 0.0652. The van der Waals surface area contributed by atoms with Crippen LogP contribution in [0.4, 0.5) is 9.18 Å². The molecule has 1 aromatic carbocycles. The molecule has 1 aromatic rings. The molecule has 0 saturated carbocycles. The van der Waals surface area contributed by atoms with Crippen LogP contribution in [0.15, 0.2) is 24.3 Å². The molecule has 2 fully saturated rings. The lowest BCUT2D eigenvalue weighted by Crippen LogP contribution is -2.45. The van der Waals surface area contributed by atoms with Crippen molar-refractivity contribution in [3.05, 3.63) is 30.1 Å². The van der Waals surface area contributed by atoms with Crippen LogP contribution in [0, 0.1) is 5.82 Å². The maximum Gasteiger partial charge on any atom is 0.408 e. The van der Waals surface area contributed by atoms with Gasteiger partial charge in [-0.15, -0.1) is 0 Å². The van der Waals surface area contributed by atoms with Crippen LogP contribution < -0.4 is 15.4 Å². The highest BCUT2D eigenvalue weighted by molar-refractivity contribution is 5.83. The molecule has 27 heavy (non-hydrogen) atoms. The molecule has 8 heteroatoms. The second kappa shape index (κ2) is 7.72. The second-order valence-corrected chi connectivity index (χ2v) is 7.85. The molecule has 148 valence electrons. The summed E-state index contributed by atoms with van der Waals surface area (Å²) in [6.07, 6.45) is -0.0183. The van der Waals surface area contributed by atoms with Crippen molar-refractivity contribution in [2.45, 2.75) is 51.0 Å². The molecule has 3 rings (SSSR count). The molecule has 0 radical (unpaired) electrons. The molecule has 3 atom stereocenters. The Balaban J connectivity index is 1.58. The van der Waals surface area contributed by atoms with E-state index in [1.165, 1.54) is 12.1 Å². The third kappa shape index (κ3) is 4.88. The number of amides is 2. The molecule has 7 nitrogen and oxygen atoms in total. The number of hydrogen-bond donors (Lipinski definition) is 2. The van der Waals surface area contributed by atoms with Gasteiger partial charge in [-0.3, -0.25) is 4.79 Å². The zero-order valence-corrected chi connectivity index (χ0v) is 15.8. The van der Waals surface area contributed by atoms with Crippen LogP contribution in [0.2, 0.25) is 0 Å². The Morgan fingerprint density at radius 1 is 1.30 bits per heavy atom. The van der Waals surface area contributed by atoms with Crippen LogP contribution in [-0.2, 0) is 9.53 Å². The van der Waals surface area contributed by atoms with Crippen molar-refractivity contribution in [1.29, 1.82) is 0 Å². The van der Waals surface area contributed by atoms with Gasteiger partial charge >= 0.3 is 6.09 Å². The lowest BCUT2D eigenvalue weighted by Gasteiger charge is -2.24. The molecule has 2 aliphatic heterocycles. The Kier molecular flexibility index (Phi) is 5.55. The first-order chi connectivity index (χ1) is 12.7. The molecule has 3 unspecified atom stereocenters. The fourth-order valence-corrected chi connectivity index (χ4v) is 3.53. The Labute approximate surface area is 158 Å². The molecule has 2 saturated heterocycles. The minimum Gasteiger partial charge on any atom is -0.487 e. The van der Waals surface area contributed by atoms with E-state index in [0.717, 1.165) is 13.0 Å². The normalized spacial score (nSPS) is 24.4. The highest BCUT2D eigenvalue weighted by Gasteiger charge is 2.47. The van der Waals surface area contributed by atoms with Crippen molar-refractivity contribution in [2.75, 3.05) is 19.6 Å². The van der Waals surface area contributed by atoms with E-state index >= 15 is 0 Å². The molecule has 0 spiro atoms. The number of nitrogens with one attached hydrogen (secondary N) is 2. The standard InChI is InChI=1S/C19H26FN3O4/c1-19(2,3)27-18(25)22-10-16(24)23-11-15(17-14(23)8-9-21-17)26-13-6-4-12(20)5-7-13/h4-7,14-15,17,21H,8-11H2,1-3H3,(H,22,25). The van der Waals surface area contributed by atoms with Crippen molar-refractivity contribution in [3.63, 3.8) is 0 Å². The van der Waals surface area contributed by atoms with Crippen LogP contribution in [0.3, 0.4) is 0 Å². The summed E-state index contributed by atoms with van der Waals surface area (Å²) >= 11 is 0. The van der Waals surface area contributed by atoms with Crippen molar-refractivity contribution in [2.24, 2.45) is 0 Å². The third-order valence-corrected chi connectivity index (χ3v) is 4.62. The number of nitrogens with zero attached hydrogens (tertiary/aromatic N) is 1. The molecule has 2 heterocycles. The average molecular weight is 379 g/mol. The summed E-state index contributed by atoms with van der Waals surface area (Å²) in [7, 11) is 0. The van der Waals surface area contributed by atoms with Gasteiger partial charge in [-0.1, -0.05) is 0 Å². The van der Waals surface area contributed by atoms with Gasteiger partial charge in [-0.05, 0) is 58.0 Å². The van der Waals surface area contributed by atoms with Gasteiger partial charge in [0.1, 0.15) is 29.8 Å². The van der Waals surface area contributed by atoms with Gasteiger partial charge in [-0.2, -0.15) is 0 Å². The van der Waals surface area contributed by atoms with Crippen molar-refractivity contribution < 1.29 is 23.5 Å². The largest absolute Gasteiger partial charge is 0.487 e. The lowest BCUT2D eigenvalue weighted by atomic mass is 10.1.